The van der Waals surface area contributed by atoms with Gasteiger partial charge >= 0.3 is 0 Å². The Kier molecular flexibility index (Phi) is 3.50. The zero-order valence-corrected chi connectivity index (χ0v) is 11.9. The monoisotopic (exact) mass is 298 g/mol. The van der Waals surface area contributed by atoms with Gasteiger partial charge in [-0.15, -0.1) is 0 Å². The van der Waals surface area contributed by atoms with Gasteiger partial charge in [0, 0.05) is 12.4 Å². The van der Waals surface area contributed by atoms with E-state index in [0.717, 1.165) is 0 Å². The minimum Gasteiger partial charge on any atom is -0.320 e. The number of benzene rings is 1. The van der Waals surface area contributed by atoms with Gasteiger partial charge in [0.05, 0.1) is 22.5 Å². The van der Waals surface area contributed by atoms with Gasteiger partial charge in [0.1, 0.15) is 10.7 Å². The second-order valence-corrected chi connectivity index (χ2v) is 4.84. The molecule has 2 aromatic heterocycles. The second kappa shape index (κ2) is 5.46. The molecule has 0 aliphatic rings. The Labute approximate surface area is 126 Å². The zero-order valence-electron chi connectivity index (χ0n) is 11.2. The molecule has 0 spiro atoms. The average Bonchev–Trinajstić information content (AvgIpc) is 2.49. The number of halogens is 1. The Bertz CT molecular complexity index is 830. The molecule has 0 unspecified atom stereocenters. The molecule has 6 heteroatoms. The molecule has 0 radical (unpaired) electrons. The molecule has 0 fully saturated rings. The van der Waals surface area contributed by atoms with Crippen LogP contribution in [0.1, 0.15) is 16.1 Å². The third-order valence-electron chi connectivity index (χ3n) is 3.04. The number of pyridine rings is 1. The van der Waals surface area contributed by atoms with Crippen molar-refractivity contribution in [3.63, 3.8) is 0 Å². The first-order valence-electron chi connectivity index (χ1n) is 6.29. The van der Waals surface area contributed by atoms with Crippen LogP contribution in [-0.4, -0.2) is 20.9 Å². The van der Waals surface area contributed by atoms with E-state index in [9.17, 15) is 4.79 Å². The molecule has 0 atom stereocenters. The van der Waals surface area contributed by atoms with Crippen LogP contribution >= 0.6 is 11.6 Å². The van der Waals surface area contributed by atoms with E-state index in [2.05, 4.69) is 20.3 Å². The molecule has 0 bridgehead atoms. The van der Waals surface area contributed by atoms with Crippen LogP contribution in [0.25, 0.3) is 11.0 Å². The van der Waals surface area contributed by atoms with Crippen LogP contribution < -0.4 is 5.32 Å². The molecular formula is C15H11ClN4O. The molecule has 104 valence electrons. The van der Waals surface area contributed by atoms with Gasteiger partial charge in [-0.2, -0.15) is 0 Å². The number of amides is 1. The SMILES string of the molecule is Cc1nc(Cl)ccc1NC(=O)c1cccc2nccnc12. The van der Waals surface area contributed by atoms with Gasteiger partial charge < -0.3 is 5.32 Å². The number of hydrogen-bond donors (Lipinski definition) is 1. The first kappa shape index (κ1) is 13.5. The van der Waals surface area contributed by atoms with Gasteiger partial charge in [-0.25, -0.2) is 4.98 Å². The fraction of sp³-hybridized carbons (Fsp3) is 0.0667. The molecule has 0 saturated carbocycles. The molecule has 3 rings (SSSR count). The van der Waals surface area contributed by atoms with E-state index in [1.807, 2.05) is 6.07 Å². The fourth-order valence-corrected chi connectivity index (χ4v) is 2.22. The van der Waals surface area contributed by atoms with Crippen molar-refractivity contribution in [3.8, 4) is 0 Å². The largest absolute Gasteiger partial charge is 0.320 e. The van der Waals surface area contributed by atoms with Crippen molar-refractivity contribution in [2.75, 3.05) is 5.32 Å². The summed E-state index contributed by atoms with van der Waals surface area (Å²) in [5.41, 5.74) is 2.98. The molecule has 1 amide bonds. The van der Waals surface area contributed by atoms with Gasteiger partial charge in [0.15, 0.2) is 0 Å². The number of hydrogen-bond acceptors (Lipinski definition) is 4. The van der Waals surface area contributed by atoms with Crippen molar-refractivity contribution < 1.29 is 4.79 Å². The maximum atomic E-state index is 12.4. The van der Waals surface area contributed by atoms with Crippen molar-refractivity contribution in [2.24, 2.45) is 0 Å². The highest BCUT2D eigenvalue weighted by molar-refractivity contribution is 6.29. The Hall–Kier alpha value is -2.53. The number of carbonyl (C=O) groups is 1. The minimum absolute atomic E-state index is 0.256. The normalized spacial score (nSPS) is 10.6. The van der Waals surface area contributed by atoms with Crippen LogP contribution in [0.4, 0.5) is 5.69 Å². The van der Waals surface area contributed by atoms with Crippen molar-refractivity contribution in [3.05, 3.63) is 59.1 Å². The number of nitrogens with zero attached hydrogens (tertiary/aromatic N) is 3. The summed E-state index contributed by atoms with van der Waals surface area (Å²) in [5.74, 6) is -0.256. The Morgan fingerprint density at radius 3 is 2.76 bits per heavy atom. The lowest BCUT2D eigenvalue weighted by Gasteiger charge is -2.09. The third-order valence-corrected chi connectivity index (χ3v) is 3.25. The van der Waals surface area contributed by atoms with Crippen LogP contribution in [0.2, 0.25) is 5.15 Å². The highest BCUT2D eigenvalue weighted by atomic mass is 35.5. The van der Waals surface area contributed by atoms with Gasteiger partial charge in [-0.05, 0) is 31.2 Å². The highest BCUT2D eigenvalue weighted by Gasteiger charge is 2.13. The average molecular weight is 299 g/mol. The Morgan fingerprint density at radius 1 is 1.14 bits per heavy atom. The van der Waals surface area contributed by atoms with Gasteiger partial charge in [0.2, 0.25) is 0 Å². The van der Waals surface area contributed by atoms with Crippen LogP contribution in [0.5, 0.6) is 0 Å². The molecule has 1 N–H and O–H groups in total. The van der Waals surface area contributed by atoms with Gasteiger partial charge in [-0.3, -0.25) is 14.8 Å². The van der Waals surface area contributed by atoms with Crippen molar-refractivity contribution in [1.29, 1.82) is 0 Å². The van der Waals surface area contributed by atoms with Crippen molar-refractivity contribution in [2.45, 2.75) is 6.92 Å². The molecule has 21 heavy (non-hydrogen) atoms. The molecule has 3 aromatic rings. The van der Waals surface area contributed by atoms with Crippen LogP contribution in [0.3, 0.4) is 0 Å². The number of rotatable bonds is 2. The summed E-state index contributed by atoms with van der Waals surface area (Å²) in [6.07, 6.45) is 3.16. The molecule has 2 heterocycles. The molecule has 0 saturated heterocycles. The van der Waals surface area contributed by atoms with Crippen molar-refractivity contribution >= 4 is 34.2 Å². The Balaban J connectivity index is 1.97. The van der Waals surface area contributed by atoms with Gasteiger partial charge in [-0.1, -0.05) is 17.7 Å². The number of aromatic nitrogens is 3. The topological polar surface area (TPSA) is 67.8 Å². The summed E-state index contributed by atoms with van der Waals surface area (Å²) >= 11 is 5.81. The third kappa shape index (κ3) is 2.68. The van der Waals surface area contributed by atoms with E-state index in [1.54, 1.807) is 43.6 Å². The quantitative estimate of drug-likeness (QED) is 0.738. The standard InChI is InChI=1S/C15H11ClN4O/c1-9-11(5-6-13(16)19-9)20-15(21)10-3-2-4-12-14(10)18-8-7-17-12/h2-8H,1H3,(H,20,21). The molecule has 1 aromatic carbocycles. The Morgan fingerprint density at radius 2 is 1.95 bits per heavy atom. The maximum Gasteiger partial charge on any atom is 0.257 e. The minimum atomic E-state index is -0.256. The lowest BCUT2D eigenvalue weighted by atomic mass is 10.1. The lowest BCUT2D eigenvalue weighted by Crippen LogP contribution is -2.14. The predicted octanol–water partition coefficient (Wildman–Crippen LogP) is 3.24. The number of aryl methyl sites for hydroxylation is 1. The predicted molar refractivity (Wildman–Crippen MR) is 81.5 cm³/mol. The number of carbonyl (C=O) groups excluding carboxylic acids is 1. The number of para-hydroxylation sites is 1. The maximum absolute atomic E-state index is 12.4. The van der Waals surface area contributed by atoms with Gasteiger partial charge in [0.25, 0.3) is 5.91 Å². The highest BCUT2D eigenvalue weighted by Crippen LogP contribution is 2.19. The summed E-state index contributed by atoms with van der Waals surface area (Å²) in [4.78, 5) is 24.9. The summed E-state index contributed by atoms with van der Waals surface area (Å²) in [6, 6.07) is 8.66. The zero-order chi connectivity index (χ0) is 14.8. The number of nitrogens with one attached hydrogen (secondary N) is 1. The molecule has 0 aliphatic carbocycles. The molecule has 0 aliphatic heterocycles. The number of anilines is 1. The first-order chi connectivity index (χ1) is 10.1. The van der Waals surface area contributed by atoms with E-state index in [4.69, 9.17) is 11.6 Å². The van der Waals surface area contributed by atoms with Crippen LogP contribution in [-0.2, 0) is 0 Å². The smallest absolute Gasteiger partial charge is 0.257 e. The molecule has 5 nitrogen and oxygen atoms in total. The second-order valence-electron chi connectivity index (χ2n) is 4.45. The molecular weight excluding hydrogens is 288 g/mol. The van der Waals surface area contributed by atoms with E-state index < -0.39 is 0 Å². The van der Waals surface area contributed by atoms with E-state index >= 15 is 0 Å². The van der Waals surface area contributed by atoms with E-state index in [-0.39, 0.29) is 5.91 Å². The van der Waals surface area contributed by atoms with E-state index in [1.165, 1.54) is 0 Å². The summed E-state index contributed by atoms with van der Waals surface area (Å²) < 4.78 is 0. The van der Waals surface area contributed by atoms with Crippen molar-refractivity contribution in [1.82, 2.24) is 15.0 Å². The summed E-state index contributed by atoms with van der Waals surface area (Å²) in [7, 11) is 0. The van der Waals surface area contributed by atoms with Crippen LogP contribution in [0.15, 0.2) is 42.7 Å². The lowest BCUT2D eigenvalue weighted by molar-refractivity contribution is 0.102. The number of fused-ring (bicyclic) bond motifs is 1. The first-order valence-corrected chi connectivity index (χ1v) is 6.67. The van der Waals surface area contributed by atoms with Crippen LogP contribution in [0, 0.1) is 6.92 Å². The summed E-state index contributed by atoms with van der Waals surface area (Å²) in [6.45, 7) is 1.78. The fourth-order valence-electron chi connectivity index (χ4n) is 2.03. The van der Waals surface area contributed by atoms with E-state index in [0.29, 0.717) is 33.1 Å². The summed E-state index contributed by atoms with van der Waals surface area (Å²) in [5, 5.41) is 3.21.